The van der Waals surface area contributed by atoms with Gasteiger partial charge >= 0.3 is 0 Å². The Balaban J connectivity index is 2.11. The highest BCUT2D eigenvalue weighted by Crippen LogP contribution is 2.39. The molecule has 2 rings (SSSR count). The molecule has 1 aliphatic rings. The lowest BCUT2D eigenvalue weighted by Gasteiger charge is -2.47. The van der Waals surface area contributed by atoms with E-state index in [0.717, 1.165) is 30.3 Å². The first-order chi connectivity index (χ1) is 8.70. The number of nitrogens with zero attached hydrogens (tertiary/aromatic N) is 1. The molecule has 0 aliphatic heterocycles. The third kappa shape index (κ3) is 2.92. The molecule has 100 valence electrons. The Morgan fingerprint density at radius 3 is 2.78 bits per heavy atom. The van der Waals surface area contributed by atoms with E-state index in [0.29, 0.717) is 6.04 Å². The molecule has 0 aromatic carbocycles. The molecular weight excluding hydrogens is 292 g/mol. The predicted molar refractivity (Wildman–Crippen MR) is 76.7 cm³/mol. The molecule has 0 spiro atoms. The van der Waals surface area contributed by atoms with Crippen LogP contribution < -0.4 is 5.32 Å². The Bertz CT molecular complexity index is 388. The SMILES string of the molecule is CCNC(Cc1cncc(Br)c1)C1(OC)CCC1. The van der Waals surface area contributed by atoms with Gasteiger partial charge in [0.15, 0.2) is 0 Å². The summed E-state index contributed by atoms with van der Waals surface area (Å²) in [6.45, 7) is 3.12. The smallest absolute Gasteiger partial charge is 0.0834 e. The molecule has 1 unspecified atom stereocenters. The lowest BCUT2D eigenvalue weighted by molar-refractivity contribution is -0.0978. The maximum absolute atomic E-state index is 5.80. The number of halogens is 1. The maximum atomic E-state index is 5.80. The number of ether oxygens (including phenoxy) is 1. The van der Waals surface area contributed by atoms with Crippen molar-refractivity contribution in [1.29, 1.82) is 0 Å². The highest BCUT2D eigenvalue weighted by atomic mass is 79.9. The summed E-state index contributed by atoms with van der Waals surface area (Å²) in [6, 6.07) is 2.51. The molecule has 4 heteroatoms. The van der Waals surface area contributed by atoms with Crippen molar-refractivity contribution in [3.05, 3.63) is 28.5 Å². The summed E-state index contributed by atoms with van der Waals surface area (Å²) in [7, 11) is 1.84. The molecular formula is C14H21BrN2O. The minimum Gasteiger partial charge on any atom is -0.377 e. The molecule has 18 heavy (non-hydrogen) atoms. The van der Waals surface area contributed by atoms with Crippen molar-refractivity contribution < 1.29 is 4.74 Å². The Morgan fingerprint density at radius 2 is 2.28 bits per heavy atom. The first-order valence-electron chi connectivity index (χ1n) is 6.58. The van der Waals surface area contributed by atoms with Crippen molar-refractivity contribution >= 4 is 15.9 Å². The third-order valence-corrected chi connectivity index (χ3v) is 4.33. The Hall–Kier alpha value is -0.450. The van der Waals surface area contributed by atoms with Crippen LogP contribution in [0.15, 0.2) is 22.9 Å². The summed E-state index contributed by atoms with van der Waals surface area (Å²) in [4.78, 5) is 4.23. The van der Waals surface area contributed by atoms with Gasteiger partial charge in [-0.2, -0.15) is 0 Å². The van der Waals surface area contributed by atoms with Gasteiger partial charge in [0.25, 0.3) is 0 Å². The molecule has 1 aromatic rings. The van der Waals surface area contributed by atoms with Crippen LogP contribution in [0.3, 0.4) is 0 Å². The molecule has 1 atom stereocenters. The van der Waals surface area contributed by atoms with Gasteiger partial charge in [0.1, 0.15) is 0 Å². The van der Waals surface area contributed by atoms with Crippen molar-refractivity contribution in [2.24, 2.45) is 0 Å². The van der Waals surface area contributed by atoms with E-state index in [2.05, 4.69) is 39.2 Å². The van der Waals surface area contributed by atoms with Gasteiger partial charge in [-0.15, -0.1) is 0 Å². The van der Waals surface area contributed by atoms with Gasteiger partial charge in [-0.1, -0.05) is 6.92 Å². The third-order valence-electron chi connectivity index (χ3n) is 3.89. The van der Waals surface area contributed by atoms with Crippen LogP contribution in [0.25, 0.3) is 0 Å². The molecule has 0 saturated heterocycles. The molecule has 1 heterocycles. The summed E-state index contributed by atoms with van der Waals surface area (Å²) >= 11 is 3.48. The van der Waals surface area contributed by atoms with Gasteiger partial charge < -0.3 is 10.1 Å². The zero-order valence-corrected chi connectivity index (χ0v) is 12.7. The number of hydrogen-bond acceptors (Lipinski definition) is 3. The average molecular weight is 313 g/mol. The van der Waals surface area contributed by atoms with E-state index in [1.807, 2.05) is 19.5 Å². The zero-order chi connectivity index (χ0) is 13.0. The van der Waals surface area contributed by atoms with Crippen LogP contribution >= 0.6 is 15.9 Å². The van der Waals surface area contributed by atoms with E-state index >= 15 is 0 Å². The maximum Gasteiger partial charge on any atom is 0.0834 e. The van der Waals surface area contributed by atoms with E-state index in [1.165, 1.54) is 12.0 Å². The number of nitrogens with one attached hydrogen (secondary N) is 1. The van der Waals surface area contributed by atoms with Crippen LogP contribution in [0.4, 0.5) is 0 Å². The van der Waals surface area contributed by atoms with Crippen LogP contribution in [0.2, 0.25) is 0 Å². The molecule has 0 amide bonds. The van der Waals surface area contributed by atoms with E-state index in [1.54, 1.807) is 0 Å². The number of likely N-dealkylation sites (N-methyl/N-ethyl adjacent to an activating group) is 1. The molecule has 1 aliphatic carbocycles. The minimum atomic E-state index is 0.0261. The van der Waals surface area contributed by atoms with Crippen LogP contribution in [-0.2, 0) is 11.2 Å². The summed E-state index contributed by atoms with van der Waals surface area (Å²) in [5.41, 5.74) is 1.27. The van der Waals surface area contributed by atoms with E-state index < -0.39 is 0 Å². The Kier molecular flexibility index (Phi) is 4.76. The van der Waals surface area contributed by atoms with Gasteiger partial charge in [-0.25, -0.2) is 0 Å². The second kappa shape index (κ2) is 6.13. The molecule has 1 N–H and O–H groups in total. The quantitative estimate of drug-likeness (QED) is 0.877. The fraction of sp³-hybridized carbons (Fsp3) is 0.643. The summed E-state index contributed by atoms with van der Waals surface area (Å²) in [6.07, 6.45) is 8.31. The second-order valence-electron chi connectivity index (χ2n) is 4.95. The normalized spacial score (nSPS) is 19.3. The largest absolute Gasteiger partial charge is 0.377 e. The van der Waals surface area contributed by atoms with Gasteiger partial charge in [-0.3, -0.25) is 4.98 Å². The topological polar surface area (TPSA) is 34.2 Å². The van der Waals surface area contributed by atoms with Gasteiger partial charge in [0.2, 0.25) is 0 Å². The fourth-order valence-electron chi connectivity index (χ4n) is 2.71. The number of methoxy groups -OCH3 is 1. The first-order valence-corrected chi connectivity index (χ1v) is 7.37. The highest BCUT2D eigenvalue weighted by molar-refractivity contribution is 9.10. The predicted octanol–water partition coefficient (Wildman–Crippen LogP) is 2.93. The first kappa shape index (κ1) is 14.0. The van der Waals surface area contributed by atoms with E-state index in [9.17, 15) is 0 Å². The highest BCUT2D eigenvalue weighted by Gasteiger charge is 2.43. The summed E-state index contributed by atoms with van der Waals surface area (Å²) < 4.78 is 6.83. The second-order valence-corrected chi connectivity index (χ2v) is 5.86. The number of rotatable bonds is 6. The number of hydrogen-bond donors (Lipinski definition) is 1. The molecule has 1 aromatic heterocycles. The van der Waals surface area contributed by atoms with Crippen molar-refractivity contribution in [2.45, 2.75) is 44.2 Å². The lowest BCUT2D eigenvalue weighted by Crippen LogP contribution is -2.57. The molecule has 0 radical (unpaired) electrons. The van der Waals surface area contributed by atoms with Gasteiger partial charge in [0.05, 0.1) is 5.60 Å². The molecule has 0 bridgehead atoms. The van der Waals surface area contributed by atoms with Crippen molar-refractivity contribution in [3.63, 3.8) is 0 Å². The Labute approximate surface area is 117 Å². The zero-order valence-electron chi connectivity index (χ0n) is 11.1. The van der Waals surface area contributed by atoms with Crippen LogP contribution in [0, 0.1) is 0 Å². The number of pyridine rings is 1. The molecule has 1 fully saturated rings. The standard InChI is InChI=1S/C14H21BrN2O/c1-3-17-13(14(18-2)5-4-6-14)8-11-7-12(15)10-16-9-11/h7,9-10,13,17H,3-6,8H2,1-2H3. The molecule has 1 saturated carbocycles. The van der Waals surface area contributed by atoms with E-state index in [4.69, 9.17) is 4.74 Å². The van der Waals surface area contributed by atoms with Crippen LogP contribution in [-0.4, -0.2) is 30.3 Å². The van der Waals surface area contributed by atoms with Crippen LogP contribution in [0.5, 0.6) is 0 Å². The van der Waals surface area contributed by atoms with Crippen molar-refractivity contribution in [3.8, 4) is 0 Å². The fourth-order valence-corrected chi connectivity index (χ4v) is 3.13. The number of aromatic nitrogens is 1. The van der Waals surface area contributed by atoms with Gasteiger partial charge in [-0.05, 0) is 59.8 Å². The van der Waals surface area contributed by atoms with Gasteiger partial charge in [0, 0.05) is 30.0 Å². The monoisotopic (exact) mass is 312 g/mol. The summed E-state index contributed by atoms with van der Waals surface area (Å²) in [5, 5.41) is 3.58. The summed E-state index contributed by atoms with van der Waals surface area (Å²) in [5.74, 6) is 0. The Morgan fingerprint density at radius 1 is 1.50 bits per heavy atom. The van der Waals surface area contributed by atoms with Crippen LogP contribution in [0.1, 0.15) is 31.7 Å². The van der Waals surface area contributed by atoms with Crippen molar-refractivity contribution in [1.82, 2.24) is 10.3 Å². The molecule has 3 nitrogen and oxygen atoms in total. The van der Waals surface area contributed by atoms with Crippen molar-refractivity contribution in [2.75, 3.05) is 13.7 Å². The lowest BCUT2D eigenvalue weighted by atomic mass is 9.72. The minimum absolute atomic E-state index is 0.0261. The average Bonchev–Trinajstić information content (AvgIpc) is 2.28. The van der Waals surface area contributed by atoms with E-state index in [-0.39, 0.29) is 5.60 Å².